The van der Waals surface area contributed by atoms with E-state index in [1.165, 1.54) is 6.08 Å². The topological polar surface area (TPSA) is 53.2 Å². The van der Waals surface area contributed by atoms with Crippen molar-refractivity contribution >= 4 is 85.7 Å². The summed E-state index contributed by atoms with van der Waals surface area (Å²) in [6.45, 7) is 0. The van der Waals surface area contributed by atoms with Crippen LogP contribution in [0.1, 0.15) is 5.56 Å². The first-order chi connectivity index (χ1) is 12.7. The largest absolute Gasteiger partial charge is 0.339 e. The van der Waals surface area contributed by atoms with Crippen LogP contribution in [0.5, 0.6) is 0 Å². The maximum Gasteiger partial charge on any atom is 0.245 e. The summed E-state index contributed by atoms with van der Waals surface area (Å²) in [5.41, 5.74) is 1.62. The summed E-state index contributed by atoms with van der Waals surface area (Å²) in [5, 5.41) is 8.53. The van der Waals surface area contributed by atoms with E-state index in [-0.39, 0.29) is 5.11 Å². The van der Waals surface area contributed by atoms with Crippen LogP contribution < -0.4 is 16.0 Å². The molecule has 2 aromatic carbocycles. The van der Waals surface area contributed by atoms with Crippen molar-refractivity contribution in [2.75, 3.05) is 5.32 Å². The summed E-state index contributed by atoms with van der Waals surface area (Å²) in [6, 6.07) is 16.7. The molecule has 0 radical (unpaired) electrons. The molecule has 0 aliphatic heterocycles. The monoisotopic (exact) mass is 505 g/mol. The van der Waals surface area contributed by atoms with Gasteiger partial charge in [-0.05, 0) is 48.1 Å². The number of hydrogen-bond donors (Lipinski definition) is 3. The summed E-state index contributed by atoms with van der Waals surface area (Å²) < 4.78 is -0.884. The van der Waals surface area contributed by atoms with E-state index >= 15 is 0 Å². The molecule has 0 aliphatic carbocycles. The second-order valence-electron chi connectivity index (χ2n) is 5.33. The van der Waals surface area contributed by atoms with Gasteiger partial charge in [-0.1, -0.05) is 81.1 Å². The zero-order chi connectivity index (χ0) is 19.9. The SMILES string of the molecule is O=C(/C=C\c1ccccc1)N[C@H](NC(=S)Nc1ccc(Br)cc1)C(Cl)(Cl)Cl. The third-order valence-electron chi connectivity index (χ3n) is 3.22. The van der Waals surface area contributed by atoms with Crippen molar-refractivity contribution in [3.8, 4) is 0 Å². The molecule has 0 heterocycles. The highest BCUT2D eigenvalue weighted by atomic mass is 79.9. The summed E-state index contributed by atoms with van der Waals surface area (Å²) in [6.07, 6.45) is 1.97. The first-order valence-electron chi connectivity index (χ1n) is 7.67. The van der Waals surface area contributed by atoms with Gasteiger partial charge in [-0.2, -0.15) is 0 Å². The van der Waals surface area contributed by atoms with Crippen molar-refractivity contribution in [2.45, 2.75) is 9.96 Å². The molecule has 27 heavy (non-hydrogen) atoms. The Morgan fingerprint density at radius 3 is 2.26 bits per heavy atom. The van der Waals surface area contributed by atoms with E-state index in [0.717, 1.165) is 15.7 Å². The van der Waals surface area contributed by atoms with Gasteiger partial charge in [0.2, 0.25) is 9.70 Å². The minimum Gasteiger partial charge on any atom is -0.339 e. The van der Waals surface area contributed by atoms with Gasteiger partial charge in [-0.15, -0.1) is 0 Å². The molecule has 0 aromatic heterocycles. The van der Waals surface area contributed by atoms with Crippen molar-refractivity contribution in [3.05, 3.63) is 70.7 Å². The van der Waals surface area contributed by atoms with Crippen LogP contribution >= 0.6 is 63.0 Å². The lowest BCUT2D eigenvalue weighted by Crippen LogP contribution is -2.55. The fourth-order valence-electron chi connectivity index (χ4n) is 1.96. The van der Waals surface area contributed by atoms with Crippen LogP contribution in [0.2, 0.25) is 0 Å². The summed E-state index contributed by atoms with van der Waals surface area (Å²) in [4.78, 5) is 12.2. The fraction of sp³-hybridized carbons (Fsp3) is 0.111. The number of anilines is 1. The standard InChI is InChI=1S/C18H15BrCl3N3OS/c19-13-7-9-14(10-8-13)23-17(27)25-16(18(20,21)22)24-15(26)11-6-12-4-2-1-3-5-12/h1-11,16H,(H,24,26)(H2,23,25,27)/b11-6-/t16-/m1/s1. The second kappa shape index (κ2) is 10.3. The van der Waals surface area contributed by atoms with Gasteiger partial charge in [0, 0.05) is 16.2 Å². The first kappa shape index (κ1) is 22.0. The van der Waals surface area contributed by atoms with Crippen LogP contribution in [-0.2, 0) is 4.79 Å². The van der Waals surface area contributed by atoms with E-state index in [2.05, 4.69) is 31.9 Å². The Kier molecular flexibility index (Phi) is 8.38. The molecule has 0 saturated heterocycles. The summed E-state index contributed by atoms with van der Waals surface area (Å²) in [5.74, 6) is -0.436. The average molecular weight is 508 g/mol. The lowest BCUT2D eigenvalue weighted by molar-refractivity contribution is -0.117. The molecule has 0 spiro atoms. The number of halogens is 4. The van der Waals surface area contributed by atoms with E-state index in [4.69, 9.17) is 47.0 Å². The second-order valence-corrected chi connectivity index (χ2v) is 9.03. The van der Waals surface area contributed by atoms with Crippen molar-refractivity contribution in [1.29, 1.82) is 0 Å². The number of amides is 1. The van der Waals surface area contributed by atoms with Crippen LogP contribution in [0.15, 0.2) is 65.1 Å². The Balaban J connectivity index is 1.98. The van der Waals surface area contributed by atoms with Crippen molar-refractivity contribution < 1.29 is 4.79 Å². The molecule has 1 atom stereocenters. The maximum absolute atomic E-state index is 12.2. The Hall–Kier alpha value is -1.31. The highest BCUT2D eigenvalue weighted by Crippen LogP contribution is 2.29. The highest BCUT2D eigenvalue weighted by molar-refractivity contribution is 9.10. The molecular formula is C18H15BrCl3N3OS. The first-order valence-corrected chi connectivity index (χ1v) is 10.0. The van der Waals surface area contributed by atoms with Crippen molar-refractivity contribution in [2.24, 2.45) is 0 Å². The van der Waals surface area contributed by atoms with Crippen molar-refractivity contribution in [1.82, 2.24) is 10.6 Å². The average Bonchev–Trinajstić information content (AvgIpc) is 2.61. The molecule has 0 aliphatic rings. The highest BCUT2D eigenvalue weighted by Gasteiger charge is 2.34. The smallest absolute Gasteiger partial charge is 0.245 e. The summed E-state index contributed by atoms with van der Waals surface area (Å²) in [7, 11) is 0. The Morgan fingerprint density at radius 1 is 1.04 bits per heavy atom. The van der Waals surface area contributed by atoms with Crippen LogP contribution in [-0.4, -0.2) is 21.0 Å². The molecule has 0 fully saturated rings. The molecular weight excluding hydrogens is 493 g/mol. The predicted molar refractivity (Wildman–Crippen MR) is 121 cm³/mol. The van der Waals surface area contributed by atoms with E-state index < -0.39 is 15.9 Å². The molecule has 9 heteroatoms. The predicted octanol–water partition coefficient (Wildman–Crippen LogP) is 5.26. The van der Waals surface area contributed by atoms with Crippen LogP contribution in [0.4, 0.5) is 5.69 Å². The van der Waals surface area contributed by atoms with Gasteiger partial charge in [-0.3, -0.25) is 4.79 Å². The number of rotatable bonds is 5. The Morgan fingerprint density at radius 2 is 1.67 bits per heavy atom. The molecule has 0 saturated carbocycles. The number of carbonyl (C=O) groups excluding carboxylic acids is 1. The lowest BCUT2D eigenvalue weighted by Gasteiger charge is -2.27. The van der Waals surface area contributed by atoms with Gasteiger partial charge in [-0.25, -0.2) is 0 Å². The summed E-state index contributed by atoms with van der Waals surface area (Å²) >= 11 is 26.5. The van der Waals surface area contributed by atoms with Gasteiger partial charge < -0.3 is 16.0 Å². The number of nitrogens with one attached hydrogen (secondary N) is 3. The zero-order valence-electron chi connectivity index (χ0n) is 13.8. The molecule has 4 nitrogen and oxygen atoms in total. The Bertz CT molecular complexity index is 811. The number of benzene rings is 2. The number of thiocarbonyl (C=S) groups is 1. The molecule has 0 unspecified atom stereocenters. The van der Waals surface area contributed by atoms with Crippen LogP contribution in [0.25, 0.3) is 6.08 Å². The van der Waals surface area contributed by atoms with Crippen molar-refractivity contribution in [3.63, 3.8) is 0 Å². The van der Waals surface area contributed by atoms with Gasteiger partial charge in [0.05, 0.1) is 0 Å². The minimum absolute atomic E-state index is 0.195. The van der Waals surface area contributed by atoms with E-state index in [1.807, 2.05) is 54.6 Å². The van der Waals surface area contributed by atoms with E-state index in [9.17, 15) is 4.79 Å². The van der Waals surface area contributed by atoms with E-state index in [1.54, 1.807) is 6.08 Å². The van der Waals surface area contributed by atoms with E-state index in [0.29, 0.717) is 0 Å². The molecule has 142 valence electrons. The lowest BCUT2D eigenvalue weighted by atomic mass is 10.2. The number of alkyl halides is 3. The fourth-order valence-corrected chi connectivity index (χ4v) is 2.79. The Labute approximate surface area is 186 Å². The zero-order valence-corrected chi connectivity index (χ0v) is 18.4. The van der Waals surface area contributed by atoms with Crippen LogP contribution in [0, 0.1) is 0 Å². The number of carbonyl (C=O) groups is 1. The molecule has 3 N–H and O–H groups in total. The molecule has 2 aromatic rings. The van der Waals surface area contributed by atoms with Gasteiger partial charge >= 0.3 is 0 Å². The quantitative estimate of drug-likeness (QED) is 0.224. The third-order valence-corrected chi connectivity index (χ3v) is 4.62. The van der Waals surface area contributed by atoms with Gasteiger partial charge in [0.25, 0.3) is 0 Å². The molecule has 1 amide bonds. The van der Waals surface area contributed by atoms with Gasteiger partial charge in [0.15, 0.2) is 5.11 Å². The molecule has 0 bridgehead atoms. The minimum atomic E-state index is -1.82. The third kappa shape index (κ3) is 8.07. The van der Waals surface area contributed by atoms with Crippen LogP contribution in [0.3, 0.4) is 0 Å². The normalized spacial score (nSPS) is 12.4. The maximum atomic E-state index is 12.2. The van der Waals surface area contributed by atoms with Gasteiger partial charge in [0.1, 0.15) is 6.17 Å². The molecule has 2 rings (SSSR count). The number of hydrogen-bond acceptors (Lipinski definition) is 2.